The highest BCUT2D eigenvalue weighted by Gasteiger charge is 2.27. The van der Waals surface area contributed by atoms with E-state index in [0.29, 0.717) is 18.9 Å². The molecule has 0 unspecified atom stereocenters. The van der Waals surface area contributed by atoms with E-state index in [0.717, 1.165) is 25.9 Å². The SMILES string of the molecule is CC(C)CC[C@@H](NC(=O)C[C@@H]1CNCCO1)C(C)(C)C. The van der Waals surface area contributed by atoms with Crippen molar-refractivity contribution in [2.75, 3.05) is 19.7 Å². The average molecular weight is 284 g/mol. The van der Waals surface area contributed by atoms with Crippen LogP contribution in [0.2, 0.25) is 0 Å². The molecule has 0 spiro atoms. The van der Waals surface area contributed by atoms with Gasteiger partial charge < -0.3 is 15.4 Å². The third-order valence-corrected chi connectivity index (χ3v) is 3.83. The van der Waals surface area contributed by atoms with E-state index < -0.39 is 0 Å². The van der Waals surface area contributed by atoms with Gasteiger partial charge in [0.05, 0.1) is 19.1 Å². The first-order chi connectivity index (χ1) is 9.29. The summed E-state index contributed by atoms with van der Waals surface area (Å²) in [5.41, 5.74) is 0.0935. The lowest BCUT2D eigenvalue weighted by Gasteiger charge is -2.33. The van der Waals surface area contributed by atoms with Crippen LogP contribution in [0.5, 0.6) is 0 Å². The Kier molecular flexibility index (Phi) is 6.96. The van der Waals surface area contributed by atoms with Gasteiger partial charge in [-0.15, -0.1) is 0 Å². The van der Waals surface area contributed by atoms with E-state index in [1.165, 1.54) is 0 Å². The van der Waals surface area contributed by atoms with Crippen LogP contribution in [0.15, 0.2) is 0 Å². The number of hydrogen-bond acceptors (Lipinski definition) is 3. The molecule has 1 fully saturated rings. The molecule has 1 rings (SSSR count). The van der Waals surface area contributed by atoms with E-state index in [1.807, 2.05) is 0 Å². The van der Waals surface area contributed by atoms with Crippen LogP contribution < -0.4 is 10.6 Å². The maximum absolute atomic E-state index is 12.2. The summed E-state index contributed by atoms with van der Waals surface area (Å²) in [5.74, 6) is 0.782. The third kappa shape index (κ3) is 6.71. The molecule has 1 aliphatic heterocycles. The van der Waals surface area contributed by atoms with Crippen molar-refractivity contribution in [2.45, 2.75) is 66.0 Å². The molecule has 1 heterocycles. The Morgan fingerprint density at radius 3 is 2.55 bits per heavy atom. The second kappa shape index (κ2) is 7.99. The lowest BCUT2D eigenvalue weighted by molar-refractivity contribution is -0.126. The average Bonchev–Trinajstić information content (AvgIpc) is 2.34. The Morgan fingerprint density at radius 2 is 2.05 bits per heavy atom. The number of ether oxygens (including phenoxy) is 1. The van der Waals surface area contributed by atoms with Gasteiger partial charge in [0.1, 0.15) is 0 Å². The van der Waals surface area contributed by atoms with Crippen LogP contribution in [-0.4, -0.2) is 37.7 Å². The lowest BCUT2D eigenvalue weighted by atomic mass is 9.82. The number of amides is 1. The lowest BCUT2D eigenvalue weighted by Crippen LogP contribution is -2.47. The Morgan fingerprint density at radius 1 is 1.35 bits per heavy atom. The summed E-state index contributed by atoms with van der Waals surface area (Å²) in [6.45, 7) is 13.4. The summed E-state index contributed by atoms with van der Waals surface area (Å²) >= 11 is 0. The zero-order chi connectivity index (χ0) is 15.2. The van der Waals surface area contributed by atoms with Crippen molar-refractivity contribution in [3.63, 3.8) is 0 Å². The van der Waals surface area contributed by atoms with Crippen LogP contribution in [-0.2, 0) is 9.53 Å². The molecule has 0 aliphatic carbocycles. The van der Waals surface area contributed by atoms with Gasteiger partial charge in [-0.3, -0.25) is 4.79 Å². The fourth-order valence-electron chi connectivity index (χ4n) is 2.43. The van der Waals surface area contributed by atoms with Crippen molar-refractivity contribution >= 4 is 5.91 Å². The number of nitrogens with one attached hydrogen (secondary N) is 2. The molecule has 4 nitrogen and oxygen atoms in total. The molecule has 118 valence electrons. The third-order valence-electron chi connectivity index (χ3n) is 3.83. The van der Waals surface area contributed by atoms with E-state index in [2.05, 4.69) is 45.3 Å². The van der Waals surface area contributed by atoms with Crippen LogP contribution in [0, 0.1) is 11.3 Å². The van der Waals surface area contributed by atoms with Crippen LogP contribution in [0.25, 0.3) is 0 Å². The number of carbonyl (C=O) groups is 1. The molecule has 20 heavy (non-hydrogen) atoms. The van der Waals surface area contributed by atoms with Gasteiger partial charge >= 0.3 is 0 Å². The molecular weight excluding hydrogens is 252 g/mol. The normalized spacial score (nSPS) is 21.8. The topological polar surface area (TPSA) is 50.4 Å². The van der Waals surface area contributed by atoms with Gasteiger partial charge in [-0.05, 0) is 24.2 Å². The smallest absolute Gasteiger partial charge is 0.222 e. The van der Waals surface area contributed by atoms with Crippen LogP contribution >= 0.6 is 0 Å². The van der Waals surface area contributed by atoms with Crippen molar-refractivity contribution in [1.82, 2.24) is 10.6 Å². The minimum absolute atomic E-state index is 0.0227. The highest BCUT2D eigenvalue weighted by Crippen LogP contribution is 2.24. The molecule has 0 saturated carbocycles. The number of rotatable bonds is 6. The van der Waals surface area contributed by atoms with Gasteiger partial charge in [0.25, 0.3) is 0 Å². The van der Waals surface area contributed by atoms with E-state index in [1.54, 1.807) is 0 Å². The van der Waals surface area contributed by atoms with Gasteiger partial charge in [-0.25, -0.2) is 0 Å². The minimum Gasteiger partial charge on any atom is -0.375 e. The van der Waals surface area contributed by atoms with Gasteiger partial charge in [0.15, 0.2) is 0 Å². The van der Waals surface area contributed by atoms with Gasteiger partial charge in [-0.2, -0.15) is 0 Å². The Labute approximate surface area is 124 Å². The number of carbonyl (C=O) groups excluding carboxylic acids is 1. The number of hydrogen-bond donors (Lipinski definition) is 2. The molecule has 2 atom stereocenters. The number of morpholine rings is 1. The predicted molar refractivity (Wildman–Crippen MR) is 82.7 cm³/mol. The molecule has 2 N–H and O–H groups in total. The van der Waals surface area contributed by atoms with E-state index in [-0.39, 0.29) is 23.5 Å². The maximum atomic E-state index is 12.2. The second-order valence-electron chi connectivity index (χ2n) is 7.36. The second-order valence-corrected chi connectivity index (χ2v) is 7.36. The maximum Gasteiger partial charge on any atom is 0.222 e. The zero-order valence-corrected chi connectivity index (χ0v) is 13.8. The largest absolute Gasteiger partial charge is 0.375 e. The molecular formula is C16H32N2O2. The molecule has 0 aromatic rings. The van der Waals surface area contributed by atoms with Crippen molar-refractivity contribution < 1.29 is 9.53 Å². The summed E-state index contributed by atoms with van der Waals surface area (Å²) in [4.78, 5) is 12.2. The van der Waals surface area contributed by atoms with E-state index in [4.69, 9.17) is 4.74 Å². The van der Waals surface area contributed by atoms with Crippen LogP contribution in [0.1, 0.15) is 53.9 Å². The van der Waals surface area contributed by atoms with Crippen molar-refractivity contribution in [2.24, 2.45) is 11.3 Å². The fraction of sp³-hybridized carbons (Fsp3) is 0.938. The first-order valence-corrected chi connectivity index (χ1v) is 7.90. The molecule has 0 bridgehead atoms. The Bertz CT molecular complexity index is 291. The highest BCUT2D eigenvalue weighted by atomic mass is 16.5. The van der Waals surface area contributed by atoms with E-state index >= 15 is 0 Å². The molecule has 1 saturated heterocycles. The summed E-state index contributed by atoms with van der Waals surface area (Å²) in [7, 11) is 0. The minimum atomic E-state index is 0.0227. The van der Waals surface area contributed by atoms with Gasteiger partial charge in [0, 0.05) is 19.1 Å². The summed E-state index contributed by atoms with van der Waals surface area (Å²) in [6, 6.07) is 0.231. The zero-order valence-electron chi connectivity index (χ0n) is 13.8. The van der Waals surface area contributed by atoms with Crippen molar-refractivity contribution in [3.05, 3.63) is 0 Å². The quantitative estimate of drug-likeness (QED) is 0.787. The Hall–Kier alpha value is -0.610. The highest BCUT2D eigenvalue weighted by molar-refractivity contribution is 5.76. The molecule has 4 heteroatoms. The van der Waals surface area contributed by atoms with Crippen LogP contribution in [0.3, 0.4) is 0 Å². The first kappa shape index (κ1) is 17.4. The monoisotopic (exact) mass is 284 g/mol. The fourth-order valence-corrected chi connectivity index (χ4v) is 2.43. The van der Waals surface area contributed by atoms with Gasteiger partial charge in [-0.1, -0.05) is 34.6 Å². The van der Waals surface area contributed by atoms with E-state index in [9.17, 15) is 4.79 Å². The molecule has 0 aromatic carbocycles. The summed E-state index contributed by atoms with van der Waals surface area (Å²) < 4.78 is 5.59. The first-order valence-electron chi connectivity index (χ1n) is 7.90. The Balaban J connectivity index is 2.44. The molecule has 0 radical (unpaired) electrons. The standard InChI is InChI=1S/C16H32N2O2/c1-12(2)6-7-14(16(3,4)5)18-15(19)10-13-11-17-8-9-20-13/h12-14,17H,6-11H2,1-5H3,(H,18,19)/t13-,14-/m1/s1. The van der Waals surface area contributed by atoms with Crippen molar-refractivity contribution in [3.8, 4) is 0 Å². The molecule has 0 aromatic heterocycles. The van der Waals surface area contributed by atoms with Crippen molar-refractivity contribution in [1.29, 1.82) is 0 Å². The molecule has 1 amide bonds. The summed E-state index contributed by atoms with van der Waals surface area (Å²) in [5, 5.41) is 6.47. The molecule has 1 aliphatic rings. The summed E-state index contributed by atoms with van der Waals surface area (Å²) in [6.07, 6.45) is 2.66. The predicted octanol–water partition coefficient (Wildman–Crippen LogP) is 2.33. The van der Waals surface area contributed by atoms with Crippen LogP contribution in [0.4, 0.5) is 0 Å². The van der Waals surface area contributed by atoms with Gasteiger partial charge in [0.2, 0.25) is 5.91 Å².